The van der Waals surface area contributed by atoms with E-state index in [1.54, 1.807) is 0 Å². The quantitative estimate of drug-likeness (QED) is 0.590. The Morgan fingerprint density at radius 2 is 1.44 bits per heavy atom. The third-order valence-electron chi connectivity index (χ3n) is 5.56. The molecule has 3 aromatic rings. The molecule has 3 atom stereocenters. The molecule has 1 heterocycles. The highest BCUT2D eigenvalue weighted by Gasteiger charge is 2.51. The molecule has 3 unspecified atom stereocenters. The van der Waals surface area contributed by atoms with Crippen molar-refractivity contribution >= 4 is 0 Å². The zero-order valence-corrected chi connectivity index (χ0v) is 15.4. The van der Waals surface area contributed by atoms with Crippen LogP contribution < -0.4 is 0 Å². The lowest BCUT2D eigenvalue weighted by Crippen LogP contribution is -2.03. The average molecular weight is 331 g/mol. The minimum Gasteiger partial charge on any atom is -0.244 e. The zero-order chi connectivity index (χ0) is 17.6. The van der Waals surface area contributed by atoms with Gasteiger partial charge in [0.2, 0.25) is 0 Å². The first-order valence-electron chi connectivity index (χ1n) is 9.43. The highest BCUT2D eigenvalue weighted by Crippen LogP contribution is 2.64. The van der Waals surface area contributed by atoms with E-state index in [0.29, 0.717) is 17.8 Å². The number of rotatable bonds is 1. The van der Waals surface area contributed by atoms with Crippen LogP contribution in [0.3, 0.4) is 0 Å². The van der Waals surface area contributed by atoms with Crippen molar-refractivity contribution in [2.75, 3.05) is 0 Å². The number of hydrogen-bond acceptors (Lipinski definition) is 2. The number of aryl methyl sites for hydroxylation is 1. The maximum atomic E-state index is 4.56. The van der Waals surface area contributed by atoms with Gasteiger partial charge in [0.1, 0.15) is 5.69 Å². The minimum absolute atomic E-state index is 0.604. The van der Waals surface area contributed by atoms with E-state index in [1.165, 1.54) is 27.9 Å². The maximum absolute atomic E-state index is 4.56. The lowest BCUT2D eigenvalue weighted by Gasteiger charge is -2.17. The summed E-state index contributed by atoms with van der Waals surface area (Å²) >= 11 is 0. The molecule has 0 spiro atoms. The summed E-state index contributed by atoms with van der Waals surface area (Å²) < 4.78 is 2.04. The van der Waals surface area contributed by atoms with E-state index in [1.807, 2.05) is 18.5 Å². The second-order valence-electron chi connectivity index (χ2n) is 6.69. The smallest absolute Gasteiger partial charge is 0.121 e. The molecule has 0 saturated heterocycles. The summed E-state index contributed by atoms with van der Waals surface area (Å²) in [5.74, 6) is 1.90. The number of aromatic nitrogens is 3. The Morgan fingerprint density at radius 1 is 0.880 bits per heavy atom. The van der Waals surface area contributed by atoms with Gasteiger partial charge in [-0.25, -0.2) is 4.68 Å². The molecule has 25 heavy (non-hydrogen) atoms. The summed E-state index contributed by atoms with van der Waals surface area (Å²) in [5, 5.41) is 8.98. The summed E-state index contributed by atoms with van der Waals surface area (Å²) in [4.78, 5) is 0. The fourth-order valence-electron chi connectivity index (χ4n) is 4.41. The lowest BCUT2D eigenvalue weighted by atomic mass is 9.89. The zero-order valence-electron chi connectivity index (χ0n) is 15.4. The van der Waals surface area contributed by atoms with Crippen LogP contribution in [0.4, 0.5) is 0 Å². The summed E-state index contributed by atoms with van der Waals surface area (Å²) in [7, 11) is 0. The van der Waals surface area contributed by atoms with Crippen LogP contribution in [0.25, 0.3) is 22.5 Å². The van der Waals surface area contributed by atoms with Crippen molar-refractivity contribution < 1.29 is 0 Å². The van der Waals surface area contributed by atoms with Gasteiger partial charge in [0, 0.05) is 17.7 Å². The van der Waals surface area contributed by atoms with E-state index in [9.17, 15) is 0 Å². The summed E-state index contributed by atoms with van der Waals surface area (Å²) in [6.45, 7) is 9.34. The van der Waals surface area contributed by atoms with Crippen LogP contribution in [0.15, 0.2) is 48.5 Å². The number of hydrogen-bond donors (Lipinski definition) is 0. The van der Waals surface area contributed by atoms with Crippen molar-refractivity contribution in [2.45, 2.75) is 46.1 Å². The van der Waals surface area contributed by atoms with E-state index in [4.69, 9.17) is 0 Å². The molecule has 3 nitrogen and oxygen atoms in total. The molecule has 0 bridgehead atoms. The Morgan fingerprint density at radius 3 is 2.08 bits per heavy atom. The molecule has 2 aliphatic rings. The van der Waals surface area contributed by atoms with Crippen molar-refractivity contribution in [3.05, 3.63) is 59.7 Å². The number of benzene rings is 2. The van der Waals surface area contributed by atoms with E-state index in [0.717, 1.165) is 12.2 Å². The van der Waals surface area contributed by atoms with Crippen LogP contribution >= 0.6 is 0 Å². The van der Waals surface area contributed by atoms with Gasteiger partial charge in [0.15, 0.2) is 0 Å². The van der Waals surface area contributed by atoms with Gasteiger partial charge in [-0.1, -0.05) is 74.5 Å². The Hall–Kier alpha value is -2.42. The second kappa shape index (κ2) is 6.14. The van der Waals surface area contributed by atoms with Gasteiger partial charge in [-0.05, 0) is 35.8 Å². The fourth-order valence-corrected chi connectivity index (χ4v) is 4.41. The van der Waals surface area contributed by atoms with Gasteiger partial charge in [0.25, 0.3) is 0 Å². The highest BCUT2D eigenvalue weighted by molar-refractivity contribution is 5.84. The first-order valence-corrected chi connectivity index (χ1v) is 9.43. The monoisotopic (exact) mass is 331 g/mol. The Kier molecular flexibility index (Phi) is 3.95. The molecule has 128 valence electrons. The van der Waals surface area contributed by atoms with E-state index < -0.39 is 0 Å². The molecule has 0 amide bonds. The SMILES string of the molecule is CC.CCn1nnc2c1-c1ccccc1C1C(C)C1c1ccccc1-2. The molecule has 5 rings (SSSR count). The molecular weight excluding hydrogens is 306 g/mol. The molecule has 0 aliphatic heterocycles. The van der Waals surface area contributed by atoms with Crippen LogP contribution in [0.2, 0.25) is 0 Å². The van der Waals surface area contributed by atoms with Gasteiger partial charge >= 0.3 is 0 Å². The topological polar surface area (TPSA) is 30.7 Å². The predicted octanol–water partition coefficient (Wildman–Crippen LogP) is 5.49. The van der Waals surface area contributed by atoms with Gasteiger partial charge in [0.05, 0.1) is 5.69 Å². The van der Waals surface area contributed by atoms with Crippen molar-refractivity contribution in [1.29, 1.82) is 0 Å². The summed E-state index contributed by atoms with van der Waals surface area (Å²) in [5.41, 5.74) is 7.67. The van der Waals surface area contributed by atoms with Crippen molar-refractivity contribution in [3.8, 4) is 22.5 Å². The summed E-state index contributed by atoms with van der Waals surface area (Å²) in [6, 6.07) is 17.6. The van der Waals surface area contributed by atoms with Crippen LogP contribution in [-0.2, 0) is 6.54 Å². The Balaban J connectivity index is 0.000000758. The average Bonchev–Trinajstić information content (AvgIpc) is 3.14. The number of nitrogens with zero attached hydrogens (tertiary/aromatic N) is 3. The molecular formula is C22H25N3. The van der Waals surface area contributed by atoms with Gasteiger partial charge in [-0.3, -0.25) is 0 Å². The van der Waals surface area contributed by atoms with Crippen molar-refractivity contribution in [3.63, 3.8) is 0 Å². The Labute approximate surface area is 149 Å². The standard InChI is InChI=1S/C20H19N3.C2H6/c1-3-23-20-16-11-7-5-9-14(16)18-12(2)17(18)13-8-4-6-10-15(13)19(20)21-22-23;1-2/h4-12,17-18H,3H2,1-2H3;1-2H3. The first-order chi connectivity index (χ1) is 12.3. The van der Waals surface area contributed by atoms with Crippen LogP contribution in [0.5, 0.6) is 0 Å². The van der Waals surface area contributed by atoms with E-state index in [-0.39, 0.29) is 0 Å². The highest BCUT2D eigenvalue weighted by atomic mass is 15.4. The lowest BCUT2D eigenvalue weighted by molar-refractivity contribution is 0.632. The van der Waals surface area contributed by atoms with Crippen LogP contribution in [0.1, 0.15) is 50.7 Å². The van der Waals surface area contributed by atoms with Crippen molar-refractivity contribution in [1.82, 2.24) is 15.0 Å². The first kappa shape index (κ1) is 16.1. The molecule has 1 aromatic heterocycles. The van der Waals surface area contributed by atoms with E-state index in [2.05, 4.69) is 72.7 Å². The third kappa shape index (κ3) is 2.25. The summed E-state index contributed by atoms with van der Waals surface area (Å²) in [6.07, 6.45) is 0. The molecule has 2 aliphatic carbocycles. The normalized spacial score (nSPS) is 22.2. The maximum Gasteiger partial charge on any atom is 0.121 e. The Bertz CT molecular complexity index is 909. The predicted molar refractivity (Wildman–Crippen MR) is 103 cm³/mol. The minimum atomic E-state index is 0.604. The molecule has 1 fully saturated rings. The molecule has 2 aromatic carbocycles. The molecule has 0 radical (unpaired) electrons. The molecule has 0 N–H and O–H groups in total. The van der Waals surface area contributed by atoms with Crippen LogP contribution in [-0.4, -0.2) is 15.0 Å². The fraction of sp³-hybridized carbons (Fsp3) is 0.364. The largest absolute Gasteiger partial charge is 0.244 e. The third-order valence-corrected chi connectivity index (χ3v) is 5.56. The molecule has 1 saturated carbocycles. The van der Waals surface area contributed by atoms with Gasteiger partial charge in [-0.2, -0.15) is 0 Å². The second-order valence-corrected chi connectivity index (χ2v) is 6.69. The van der Waals surface area contributed by atoms with Gasteiger partial charge in [-0.15, -0.1) is 5.10 Å². The number of fused-ring (bicyclic) bond motifs is 8. The van der Waals surface area contributed by atoms with Crippen molar-refractivity contribution in [2.24, 2.45) is 5.92 Å². The van der Waals surface area contributed by atoms with Crippen LogP contribution in [0, 0.1) is 5.92 Å². The molecule has 3 heteroatoms. The van der Waals surface area contributed by atoms with Gasteiger partial charge < -0.3 is 0 Å². The van der Waals surface area contributed by atoms with E-state index >= 15 is 0 Å².